The first kappa shape index (κ1) is 80.0. The van der Waals surface area contributed by atoms with Gasteiger partial charge in [0.1, 0.15) is 5.69 Å². The molecule has 0 N–H and O–H groups in total. The Hall–Kier alpha value is -18.5. The maximum absolute atomic E-state index is 5.48. The number of hydrogen-bond donors (Lipinski definition) is 0. The first-order chi connectivity index (χ1) is 69.2. The summed E-state index contributed by atoms with van der Waals surface area (Å²) in [6.45, 7) is 4.66. The Morgan fingerprint density at radius 1 is 0.186 bits per heavy atom. The highest BCUT2D eigenvalue weighted by atomic mass is 15.2. The number of benzene rings is 23. The molecule has 140 heavy (non-hydrogen) atoms. The van der Waals surface area contributed by atoms with Crippen molar-refractivity contribution < 1.29 is 0 Å². The molecule has 0 aliphatic heterocycles. The van der Waals surface area contributed by atoms with Crippen LogP contribution in [0.5, 0.6) is 0 Å². The number of aromatic nitrogens is 10. The predicted octanol–water partition coefficient (Wildman–Crippen LogP) is 33.4. The summed E-state index contributed by atoms with van der Waals surface area (Å²) in [4.78, 5) is 36.8. The van der Waals surface area contributed by atoms with E-state index in [1.807, 2.05) is 30.3 Å². The standard InChI is InChI=1S/C45H28N4.C43H29N3.C42H25N3/c1-2-15-32(16-3-1)43-46-44(48-45(47-43)38-23-11-17-29-12-4-7-20-35(29)38)33-18-10-19-34(28-33)49-39-26-24-30-13-5-8-21-36(30)41(39)42-37-22-9-6-14-31(37)25-27-40(42)49;1-43(2)33-16-8-7-15-31(33)32-22-19-28(25-34(32)43)41-42(45-36-18-10-9-17-35(36)44-41)46-37-23-20-26-11-3-5-13-29(26)39(37)40-30-14-6-4-12-27(30)21-24-38(40)46;1-5-15-30-26(11-1)21-23-37-39(30)40-31-16-6-2-12-27(31)22-24-38(40)45(37)42-43-36-20-10-9-19-34(36)41(44-42)35-25-28-13-3-4-14-29(28)32-17-7-8-18-33(32)35/h1-28H;3-25H,1-2H3;1-25H. The van der Waals surface area contributed by atoms with Crippen LogP contribution in [0.2, 0.25) is 0 Å². The van der Waals surface area contributed by atoms with Crippen molar-refractivity contribution in [2.45, 2.75) is 19.3 Å². The summed E-state index contributed by atoms with van der Waals surface area (Å²) in [6, 6.07) is 164. The van der Waals surface area contributed by atoms with Crippen molar-refractivity contribution in [2.24, 2.45) is 0 Å². The largest absolute Gasteiger partial charge is 0.309 e. The lowest BCUT2D eigenvalue weighted by Gasteiger charge is -2.22. The minimum atomic E-state index is -0.114. The van der Waals surface area contributed by atoms with E-state index in [0.717, 1.165) is 105 Å². The van der Waals surface area contributed by atoms with Crippen molar-refractivity contribution in [1.82, 2.24) is 48.6 Å². The summed E-state index contributed by atoms with van der Waals surface area (Å²) < 4.78 is 7.01. The van der Waals surface area contributed by atoms with E-state index in [-0.39, 0.29) is 5.41 Å². The number of fused-ring (bicyclic) bond motifs is 30. The van der Waals surface area contributed by atoms with Crippen LogP contribution >= 0.6 is 0 Å². The van der Waals surface area contributed by atoms with E-state index in [2.05, 4.69) is 458 Å². The highest BCUT2D eigenvalue weighted by Gasteiger charge is 2.37. The molecule has 0 fully saturated rings. The van der Waals surface area contributed by atoms with Crippen LogP contribution in [0.1, 0.15) is 25.0 Å². The molecule has 0 unspecified atom stereocenters. The second kappa shape index (κ2) is 31.8. The molecule has 1 aliphatic carbocycles. The monoisotopic (exact) mass is 1780 g/mol. The van der Waals surface area contributed by atoms with Crippen molar-refractivity contribution in [3.63, 3.8) is 0 Å². The average Bonchev–Trinajstić information content (AvgIpc) is 1.56. The Bertz CT molecular complexity index is 10000. The smallest absolute Gasteiger partial charge is 0.235 e. The molecule has 652 valence electrons. The lowest BCUT2D eigenvalue weighted by molar-refractivity contribution is 0.660. The van der Waals surface area contributed by atoms with Gasteiger partial charge in [0, 0.05) is 76.6 Å². The topological polar surface area (TPSA) is 105 Å². The molecule has 6 heterocycles. The maximum atomic E-state index is 5.48. The fraction of sp³-hybridized carbons (Fsp3) is 0.0231. The van der Waals surface area contributed by atoms with Crippen LogP contribution in [0, 0.1) is 0 Å². The van der Waals surface area contributed by atoms with Crippen LogP contribution in [-0.4, -0.2) is 48.6 Å². The van der Waals surface area contributed by atoms with E-state index < -0.39 is 0 Å². The summed E-state index contributed by atoms with van der Waals surface area (Å²) in [6.07, 6.45) is 0. The molecular weight excluding hydrogens is 1700 g/mol. The zero-order valence-electron chi connectivity index (χ0n) is 76.4. The molecule has 23 aromatic carbocycles. The van der Waals surface area contributed by atoms with E-state index in [1.165, 1.54) is 152 Å². The van der Waals surface area contributed by atoms with Gasteiger partial charge in [-0.1, -0.05) is 396 Å². The van der Waals surface area contributed by atoms with E-state index in [0.29, 0.717) is 23.4 Å². The molecule has 6 aromatic heterocycles. The summed E-state index contributed by atoms with van der Waals surface area (Å²) in [5.74, 6) is 3.45. The second-order valence-electron chi connectivity index (χ2n) is 37.2. The highest BCUT2D eigenvalue weighted by Crippen LogP contribution is 2.52. The van der Waals surface area contributed by atoms with Crippen molar-refractivity contribution >= 4 is 184 Å². The van der Waals surface area contributed by atoms with Gasteiger partial charge in [-0.3, -0.25) is 9.13 Å². The molecule has 0 amide bonds. The lowest BCUT2D eigenvalue weighted by atomic mass is 9.82. The fourth-order valence-corrected chi connectivity index (χ4v) is 22.7. The minimum absolute atomic E-state index is 0.114. The Balaban J connectivity index is 0.000000103. The molecule has 0 radical (unpaired) electrons. The molecule has 30 rings (SSSR count). The van der Waals surface area contributed by atoms with Gasteiger partial charge in [0.2, 0.25) is 5.95 Å². The minimum Gasteiger partial charge on any atom is -0.309 e. The van der Waals surface area contributed by atoms with Gasteiger partial charge >= 0.3 is 0 Å². The van der Waals surface area contributed by atoms with Crippen molar-refractivity contribution in [3.8, 4) is 85.3 Å². The Morgan fingerprint density at radius 2 is 0.564 bits per heavy atom. The molecule has 0 spiro atoms. The molecule has 1 aliphatic rings. The summed E-state index contributed by atoms with van der Waals surface area (Å²) >= 11 is 0. The summed E-state index contributed by atoms with van der Waals surface area (Å²) in [5.41, 5.74) is 22.6. The first-order valence-corrected chi connectivity index (χ1v) is 47.8. The molecule has 0 atom stereocenters. The third-order valence-corrected chi connectivity index (χ3v) is 29.1. The van der Waals surface area contributed by atoms with E-state index in [4.69, 9.17) is 34.9 Å². The van der Waals surface area contributed by atoms with Crippen LogP contribution in [0.25, 0.3) is 270 Å². The third kappa shape index (κ3) is 12.6. The number of para-hydroxylation sites is 3. The van der Waals surface area contributed by atoms with Gasteiger partial charge in [-0.25, -0.2) is 34.9 Å². The van der Waals surface area contributed by atoms with E-state index in [1.54, 1.807) is 0 Å². The van der Waals surface area contributed by atoms with Gasteiger partial charge in [0.25, 0.3) is 0 Å². The highest BCUT2D eigenvalue weighted by molar-refractivity contribution is 6.32. The number of hydrogen-bond acceptors (Lipinski definition) is 7. The van der Waals surface area contributed by atoms with Crippen LogP contribution in [0.15, 0.2) is 461 Å². The zero-order chi connectivity index (χ0) is 92.4. The molecule has 10 heteroatoms. The van der Waals surface area contributed by atoms with Crippen molar-refractivity contribution in [1.29, 1.82) is 0 Å². The zero-order valence-corrected chi connectivity index (χ0v) is 76.4. The molecular formula is C130H82N10. The van der Waals surface area contributed by atoms with Crippen LogP contribution in [0.3, 0.4) is 0 Å². The average molecular weight is 1780 g/mol. The normalized spacial score (nSPS) is 12.4. The quantitative estimate of drug-likeness (QED) is 0.140. The second-order valence-corrected chi connectivity index (χ2v) is 37.2. The van der Waals surface area contributed by atoms with Crippen LogP contribution in [-0.2, 0) is 5.41 Å². The Labute approximate surface area is 804 Å². The summed E-state index contributed by atoms with van der Waals surface area (Å²) in [7, 11) is 0. The SMILES string of the molecule is CC1(C)c2ccccc2-c2ccc(-c3nc4ccccc4nc3-n3c4ccc5ccccc5c4c4c5ccccc5ccc43)cc21.c1ccc(-c2nc(-c3cccc(-n4c5ccc6ccccc6c5c5c6ccccc6ccc54)c3)nc(-c3cccc4ccccc34)n2)cc1.c1ccc2c(c1)cc(-c1nc(-n3c4ccc5ccccc5c4c4c5ccccc5ccc43)nc3ccccc13)c1ccccc12. The van der Waals surface area contributed by atoms with Gasteiger partial charge in [0.05, 0.1) is 55.3 Å². The molecule has 29 aromatic rings. The van der Waals surface area contributed by atoms with Gasteiger partial charge in [-0.05, 0) is 198 Å². The lowest BCUT2D eigenvalue weighted by Crippen LogP contribution is -2.15. The third-order valence-electron chi connectivity index (χ3n) is 29.1. The first-order valence-electron chi connectivity index (χ1n) is 47.8. The van der Waals surface area contributed by atoms with Gasteiger partial charge < -0.3 is 4.57 Å². The molecule has 10 nitrogen and oxygen atoms in total. The Kier molecular flexibility index (Phi) is 18.2. The van der Waals surface area contributed by atoms with Gasteiger partial charge in [0.15, 0.2) is 23.3 Å². The van der Waals surface area contributed by atoms with E-state index in [9.17, 15) is 0 Å². The van der Waals surface area contributed by atoms with Crippen LogP contribution in [0.4, 0.5) is 0 Å². The maximum Gasteiger partial charge on any atom is 0.235 e. The molecule has 0 saturated carbocycles. The van der Waals surface area contributed by atoms with Gasteiger partial charge in [-0.15, -0.1) is 0 Å². The molecule has 0 saturated heterocycles. The van der Waals surface area contributed by atoms with Crippen LogP contribution < -0.4 is 0 Å². The predicted molar refractivity (Wildman–Crippen MR) is 584 cm³/mol. The van der Waals surface area contributed by atoms with Crippen molar-refractivity contribution in [2.75, 3.05) is 0 Å². The Morgan fingerprint density at radius 3 is 1.11 bits per heavy atom. The fourth-order valence-electron chi connectivity index (χ4n) is 22.7. The number of rotatable bonds is 8. The summed E-state index contributed by atoms with van der Waals surface area (Å²) in [5, 5.41) is 30.5. The van der Waals surface area contributed by atoms with Gasteiger partial charge in [-0.2, -0.15) is 0 Å². The number of nitrogens with zero attached hydrogens (tertiary/aromatic N) is 10. The van der Waals surface area contributed by atoms with Crippen molar-refractivity contribution in [3.05, 3.63) is 472 Å². The van der Waals surface area contributed by atoms with E-state index >= 15 is 0 Å². The molecule has 0 bridgehead atoms.